The van der Waals surface area contributed by atoms with E-state index in [2.05, 4.69) is 44.4 Å². The number of hydrogen-bond donors (Lipinski definition) is 2. The van der Waals surface area contributed by atoms with Gasteiger partial charge in [-0.2, -0.15) is 5.10 Å². The molecule has 0 spiro atoms. The molecule has 1 fully saturated rings. The Kier molecular flexibility index (Phi) is 8.59. The lowest BCUT2D eigenvalue weighted by Gasteiger charge is -2.28. The summed E-state index contributed by atoms with van der Waals surface area (Å²) in [5.74, 6) is -0.135. The van der Waals surface area contributed by atoms with Crippen LogP contribution in [-0.4, -0.2) is 54.3 Å². The lowest BCUT2D eigenvalue weighted by molar-refractivity contribution is -0.0368. The average Bonchev–Trinajstić information content (AvgIpc) is 3.38. The molecule has 1 amide bonds. The molecule has 0 radical (unpaired) electrons. The number of amides is 1. The van der Waals surface area contributed by atoms with Gasteiger partial charge in [0.05, 0.1) is 11.6 Å². The lowest BCUT2D eigenvalue weighted by atomic mass is 9.93. The second-order valence-corrected chi connectivity index (χ2v) is 10.4. The Morgan fingerprint density at radius 2 is 2.00 bits per heavy atom. The van der Waals surface area contributed by atoms with E-state index in [4.69, 9.17) is 9.84 Å². The van der Waals surface area contributed by atoms with Crippen LogP contribution in [0, 0.1) is 11.7 Å². The molecule has 10 nitrogen and oxygen atoms in total. The van der Waals surface area contributed by atoms with Gasteiger partial charge in [0.2, 0.25) is 0 Å². The van der Waals surface area contributed by atoms with Gasteiger partial charge >= 0.3 is 0 Å². The standard InChI is InChI=1S/C29H35FN8O2/c1-4-18(2)23(35-29(39)20-10-6-5-7-11-20)14-19(3)34-26-22(30)16-32-27(36-26)25-21-15-31-17-33-28(21)38(37-25)24-12-8-9-13-40-24/h5-7,10-11,15-19,23-24H,4,8-9,12-14H2,1-3H3,(H,35,39)(H,32,34,36)/t18-,19+,23-,24?/m0/s1. The van der Waals surface area contributed by atoms with E-state index in [1.165, 1.54) is 6.33 Å². The maximum Gasteiger partial charge on any atom is 0.251 e. The number of nitrogens with zero attached hydrogens (tertiary/aromatic N) is 6. The quantitative estimate of drug-likeness (QED) is 0.280. The average molecular weight is 547 g/mol. The molecule has 2 N–H and O–H groups in total. The fraction of sp³-hybridized carbons (Fsp3) is 0.448. The van der Waals surface area contributed by atoms with Crippen LogP contribution in [0.2, 0.25) is 0 Å². The van der Waals surface area contributed by atoms with E-state index in [0.717, 1.165) is 31.9 Å². The van der Waals surface area contributed by atoms with Gasteiger partial charge in [0.25, 0.3) is 5.91 Å². The highest BCUT2D eigenvalue weighted by atomic mass is 19.1. The van der Waals surface area contributed by atoms with E-state index in [0.29, 0.717) is 35.3 Å². The largest absolute Gasteiger partial charge is 0.365 e. The van der Waals surface area contributed by atoms with Crippen LogP contribution >= 0.6 is 0 Å². The molecular weight excluding hydrogens is 511 g/mol. The Morgan fingerprint density at radius 1 is 1.18 bits per heavy atom. The minimum Gasteiger partial charge on any atom is -0.365 e. The smallest absolute Gasteiger partial charge is 0.251 e. The van der Waals surface area contributed by atoms with Crippen molar-refractivity contribution in [1.29, 1.82) is 0 Å². The van der Waals surface area contributed by atoms with Gasteiger partial charge in [-0.15, -0.1) is 0 Å². The fourth-order valence-electron chi connectivity index (χ4n) is 4.98. The van der Waals surface area contributed by atoms with Gasteiger partial charge in [-0.3, -0.25) is 4.79 Å². The van der Waals surface area contributed by atoms with Gasteiger partial charge in [-0.1, -0.05) is 38.5 Å². The number of halogens is 1. The van der Waals surface area contributed by atoms with Gasteiger partial charge in [0.1, 0.15) is 12.0 Å². The molecule has 0 saturated carbocycles. The Balaban J connectivity index is 1.36. The van der Waals surface area contributed by atoms with Crippen molar-refractivity contribution in [2.24, 2.45) is 5.92 Å². The molecule has 3 aromatic heterocycles. The second-order valence-electron chi connectivity index (χ2n) is 10.4. The zero-order chi connectivity index (χ0) is 28.1. The molecule has 1 aliphatic heterocycles. The number of fused-ring (bicyclic) bond motifs is 1. The zero-order valence-electron chi connectivity index (χ0n) is 23.0. The number of carbonyl (C=O) groups is 1. The van der Waals surface area contributed by atoms with Crippen molar-refractivity contribution in [3.8, 4) is 11.5 Å². The number of rotatable bonds is 10. The van der Waals surface area contributed by atoms with Crippen molar-refractivity contribution in [2.45, 2.75) is 71.2 Å². The van der Waals surface area contributed by atoms with Crippen molar-refractivity contribution in [1.82, 2.24) is 35.0 Å². The van der Waals surface area contributed by atoms with Crippen molar-refractivity contribution >= 4 is 22.8 Å². The molecule has 1 saturated heterocycles. The molecule has 1 aliphatic rings. The monoisotopic (exact) mass is 546 g/mol. The van der Waals surface area contributed by atoms with Gasteiger partial charge in [-0.25, -0.2) is 29.0 Å². The van der Waals surface area contributed by atoms with Crippen LogP contribution in [0.3, 0.4) is 0 Å². The minimum atomic E-state index is -0.570. The van der Waals surface area contributed by atoms with Crippen LogP contribution in [0.5, 0.6) is 0 Å². The molecule has 4 aromatic rings. The van der Waals surface area contributed by atoms with E-state index in [9.17, 15) is 9.18 Å². The summed E-state index contributed by atoms with van der Waals surface area (Å²) in [5.41, 5.74) is 1.70. The third kappa shape index (κ3) is 6.09. The van der Waals surface area contributed by atoms with Gasteiger partial charge in [0.15, 0.2) is 29.3 Å². The Bertz CT molecular complexity index is 1440. The molecular formula is C29H35FN8O2. The normalized spacial score (nSPS) is 17.8. The predicted molar refractivity (Wildman–Crippen MR) is 150 cm³/mol. The molecule has 5 rings (SSSR count). The molecule has 0 aliphatic carbocycles. The maximum atomic E-state index is 14.9. The van der Waals surface area contributed by atoms with Gasteiger partial charge in [-0.05, 0) is 50.7 Å². The number of carbonyl (C=O) groups excluding carboxylic acids is 1. The number of aromatic nitrogens is 6. The summed E-state index contributed by atoms with van der Waals surface area (Å²) in [4.78, 5) is 30.2. The second kappa shape index (κ2) is 12.5. The number of benzene rings is 1. The summed E-state index contributed by atoms with van der Waals surface area (Å²) < 4.78 is 22.6. The summed E-state index contributed by atoms with van der Waals surface area (Å²) in [6, 6.07) is 8.83. The van der Waals surface area contributed by atoms with Gasteiger partial charge in [0, 0.05) is 30.5 Å². The summed E-state index contributed by atoms with van der Waals surface area (Å²) in [5, 5.41) is 11.8. The van der Waals surface area contributed by atoms with E-state index in [1.807, 2.05) is 25.1 Å². The van der Waals surface area contributed by atoms with Crippen molar-refractivity contribution in [3.63, 3.8) is 0 Å². The Labute approximate surface area is 232 Å². The highest BCUT2D eigenvalue weighted by Gasteiger charge is 2.25. The Hall–Kier alpha value is -3.99. The van der Waals surface area contributed by atoms with Crippen molar-refractivity contribution in [3.05, 3.63) is 60.4 Å². The zero-order valence-corrected chi connectivity index (χ0v) is 23.0. The van der Waals surface area contributed by atoms with Gasteiger partial charge < -0.3 is 15.4 Å². The minimum absolute atomic E-state index is 0.0725. The topological polar surface area (TPSA) is 120 Å². The highest BCUT2D eigenvalue weighted by Crippen LogP contribution is 2.31. The molecule has 0 bridgehead atoms. The molecule has 4 heterocycles. The first-order valence-corrected chi connectivity index (χ1v) is 13.9. The first kappa shape index (κ1) is 27.6. The van der Waals surface area contributed by atoms with Crippen LogP contribution in [-0.2, 0) is 4.74 Å². The maximum absolute atomic E-state index is 14.9. The van der Waals surface area contributed by atoms with Crippen LogP contribution in [0.25, 0.3) is 22.6 Å². The van der Waals surface area contributed by atoms with Crippen molar-refractivity contribution < 1.29 is 13.9 Å². The molecule has 40 heavy (non-hydrogen) atoms. The number of nitrogens with one attached hydrogen (secondary N) is 2. The number of hydrogen-bond acceptors (Lipinski definition) is 8. The SMILES string of the molecule is CC[C@H](C)[C@H](C[C@@H](C)Nc1nc(-c2nn(C3CCCCO3)c3ncncc23)ncc1F)NC(=O)c1ccccc1. The van der Waals surface area contributed by atoms with E-state index in [-0.39, 0.29) is 41.8 Å². The first-order valence-electron chi connectivity index (χ1n) is 13.9. The predicted octanol–water partition coefficient (Wildman–Crippen LogP) is 5.16. The number of ether oxygens (including phenoxy) is 1. The summed E-state index contributed by atoms with van der Waals surface area (Å²) >= 11 is 0. The summed E-state index contributed by atoms with van der Waals surface area (Å²) in [6.45, 7) is 6.80. The number of anilines is 1. The summed E-state index contributed by atoms with van der Waals surface area (Å²) in [7, 11) is 0. The highest BCUT2D eigenvalue weighted by molar-refractivity contribution is 5.94. The fourth-order valence-corrected chi connectivity index (χ4v) is 4.98. The van der Waals surface area contributed by atoms with Crippen LogP contribution in [0.4, 0.5) is 10.2 Å². The Morgan fingerprint density at radius 3 is 2.75 bits per heavy atom. The van der Waals surface area contributed by atoms with Crippen LogP contribution in [0.1, 0.15) is 69.5 Å². The van der Waals surface area contributed by atoms with E-state index >= 15 is 0 Å². The lowest BCUT2D eigenvalue weighted by Crippen LogP contribution is -2.42. The molecule has 210 valence electrons. The molecule has 1 aromatic carbocycles. The van der Waals surface area contributed by atoms with Crippen LogP contribution in [0.15, 0.2) is 49.1 Å². The first-order chi connectivity index (χ1) is 19.4. The molecule has 4 atom stereocenters. The molecule has 11 heteroatoms. The third-order valence-corrected chi connectivity index (χ3v) is 7.43. The summed E-state index contributed by atoms with van der Waals surface area (Å²) in [6.07, 6.45) is 8.39. The van der Waals surface area contributed by atoms with Crippen LogP contribution < -0.4 is 10.6 Å². The van der Waals surface area contributed by atoms with E-state index < -0.39 is 5.82 Å². The third-order valence-electron chi connectivity index (χ3n) is 7.43. The van der Waals surface area contributed by atoms with E-state index in [1.54, 1.807) is 23.0 Å². The van der Waals surface area contributed by atoms with Crippen molar-refractivity contribution in [2.75, 3.05) is 11.9 Å². The molecule has 1 unspecified atom stereocenters.